The molecule has 0 bridgehead atoms. The molecule has 2 unspecified atom stereocenters. The van der Waals surface area contributed by atoms with Gasteiger partial charge < -0.3 is 5.11 Å². The van der Waals surface area contributed by atoms with Crippen molar-refractivity contribution >= 4 is 20.0 Å². The molecule has 118 valence electrons. The lowest BCUT2D eigenvalue weighted by atomic mass is 10.0. The van der Waals surface area contributed by atoms with Crippen LogP contribution in [0.4, 0.5) is 0 Å². The Labute approximate surface area is 124 Å². The summed E-state index contributed by atoms with van der Waals surface area (Å²) in [6.07, 6.45) is -0.00728. The van der Waals surface area contributed by atoms with Gasteiger partial charge in [-0.15, -0.1) is 0 Å². The highest BCUT2D eigenvalue weighted by Gasteiger charge is 2.34. The van der Waals surface area contributed by atoms with E-state index in [1.165, 1.54) is 22.5 Å². The molecule has 2 atom stereocenters. The van der Waals surface area contributed by atoms with Crippen molar-refractivity contribution in [2.75, 3.05) is 13.1 Å². The highest BCUT2D eigenvalue weighted by atomic mass is 32.2. The largest absolute Gasteiger partial charge is 0.393 e. The Hall–Kier alpha value is -1.00. The van der Waals surface area contributed by atoms with Crippen LogP contribution in [0.25, 0.3) is 0 Å². The average molecular weight is 334 g/mol. The number of sulfonamides is 2. The standard InChI is InChI=1S/C12H18N2O5S2/c1-9(15)10-5-6-14(8-10)21(18,19)12-4-2-3-11(7-12)20(13,16)17/h2-4,7,9-10,15H,5-6,8H2,1H3,(H2,13,16,17). The second kappa shape index (κ2) is 5.65. The minimum atomic E-state index is -3.96. The van der Waals surface area contributed by atoms with Gasteiger partial charge in [-0.25, -0.2) is 22.0 Å². The summed E-state index contributed by atoms with van der Waals surface area (Å²) in [7, 11) is -7.74. The molecule has 1 heterocycles. The quantitative estimate of drug-likeness (QED) is 0.785. The maximum atomic E-state index is 12.5. The number of benzene rings is 1. The molecule has 0 radical (unpaired) electrons. The van der Waals surface area contributed by atoms with Gasteiger partial charge in [0.05, 0.1) is 15.9 Å². The van der Waals surface area contributed by atoms with E-state index in [0.717, 1.165) is 6.07 Å². The molecule has 0 spiro atoms. The number of hydrogen-bond donors (Lipinski definition) is 2. The Morgan fingerprint density at radius 3 is 2.43 bits per heavy atom. The van der Waals surface area contributed by atoms with Crippen LogP contribution < -0.4 is 5.14 Å². The first-order chi connectivity index (χ1) is 9.62. The Kier molecular flexibility index (Phi) is 4.41. The fourth-order valence-electron chi connectivity index (χ4n) is 2.33. The van der Waals surface area contributed by atoms with Gasteiger partial charge in [0.15, 0.2) is 0 Å². The molecule has 1 aliphatic rings. The van der Waals surface area contributed by atoms with Crippen molar-refractivity contribution in [2.24, 2.45) is 11.1 Å². The molecule has 2 rings (SSSR count). The van der Waals surface area contributed by atoms with Crippen LogP contribution in [0.2, 0.25) is 0 Å². The van der Waals surface area contributed by atoms with Gasteiger partial charge in [0, 0.05) is 13.1 Å². The first-order valence-electron chi connectivity index (χ1n) is 6.43. The van der Waals surface area contributed by atoms with Crippen molar-refractivity contribution in [3.63, 3.8) is 0 Å². The molecule has 1 fully saturated rings. The number of nitrogens with two attached hydrogens (primary N) is 1. The second-order valence-corrected chi connectivity index (χ2v) is 8.67. The van der Waals surface area contributed by atoms with Crippen LogP contribution in [0.15, 0.2) is 34.1 Å². The van der Waals surface area contributed by atoms with Gasteiger partial charge in [-0.2, -0.15) is 4.31 Å². The molecule has 1 aliphatic heterocycles. The van der Waals surface area contributed by atoms with Crippen molar-refractivity contribution in [3.8, 4) is 0 Å². The van der Waals surface area contributed by atoms with Crippen molar-refractivity contribution in [2.45, 2.75) is 29.2 Å². The second-order valence-electron chi connectivity index (χ2n) is 5.17. The molecular formula is C12H18N2O5S2. The van der Waals surface area contributed by atoms with E-state index < -0.39 is 26.2 Å². The summed E-state index contributed by atoms with van der Waals surface area (Å²) in [5, 5.41) is 14.6. The smallest absolute Gasteiger partial charge is 0.243 e. The first-order valence-corrected chi connectivity index (χ1v) is 9.42. The van der Waals surface area contributed by atoms with Crippen molar-refractivity contribution in [1.29, 1.82) is 0 Å². The van der Waals surface area contributed by atoms with Gasteiger partial charge >= 0.3 is 0 Å². The number of hydrogen-bond acceptors (Lipinski definition) is 5. The molecule has 0 saturated carbocycles. The third-order valence-corrected chi connectivity index (χ3v) is 6.41. The molecule has 7 nitrogen and oxygen atoms in total. The molecule has 0 amide bonds. The maximum absolute atomic E-state index is 12.5. The van der Waals surface area contributed by atoms with E-state index in [1.54, 1.807) is 6.92 Å². The van der Waals surface area contributed by atoms with E-state index in [4.69, 9.17) is 5.14 Å². The monoisotopic (exact) mass is 334 g/mol. The summed E-state index contributed by atoms with van der Waals surface area (Å²) in [4.78, 5) is -0.352. The van der Waals surface area contributed by atoms with Gasteiger partial charge in [-0.3, -0.25) is 0 Å². The lowest BCUT2D eigenvalue weighted by molar-refractivity contribution is 0.133. The number of primary sulfonamides is 1. The zero-order valence-electron chi connectivity index (χ0n) is 11.5. The van der Waals surface area contributed by atoms with E-state index in [0.29, 0.717) is 13.0 Å². The summed E-state index contributed by atoms with van der Waals surface area (Å²) >= 11 is 0. The first kappa shape index (κ1) is 16.4. The highest BCUT2D eigenvalue weighted by molar-refractivity contribution is 7.90. The zero-order chi connectivity index (χ0) is 15.8. The Morgan fingerprint density at radius 1 is 1.29 bits per heavy atom. The molecule has 1 aromatic rings. The predicted molar refractivity (Wildman–Crippen MR) is 76.4 cm³/mol. The normalized spacial score (nSPS) is 22.3. The number of nitrogens with zero attached hydrogens (tertiary/aromatic N) is 1. The van der Waals surface area contributed by atoms with Crippen molar-refractivity contribution in [3.05, 3.63) is 24.3 Å². The maximum Gasteiger partial charge on any atom is 0.243 e. The van der Waals surface area contributed by atoms with Crippen LogP contribution in [-0.4, -0.2) is 45.4 Å². The van der Waals surface area contributed by atoms with Crippen LogP contribution in [0.3, 0.4) is 0 Å². The predicted octanol–water partition coefficient (Wildman–Crippen LogP) is -0.275. The Balaban J connectivity index is 2.33. The van der Waals surface area contributed by atoms with Gasteiger partial charge in [0.1, 0.15) is 0 Å². The van der Waals surface area contributed by atoms with Crippen LogP contribution in [-0.2, 0) is 20.0 Å². The molecule has 1 aromatic carbocycles. The van der Waals surface area contributed by atoms with Crippen molar-refractivity contribution in [1.82, 2.24) is 4.31 Å². The highest BCUT2D eigenvalue weighted by Crippen LogP contribution is 2.27. The fourth-order valence-corrected chi connectivity index (χ4v) is 4.52. The lowest BCUT2D eigenvalue weighted by Gasteiger charge is -2.18. The summed E-state index contributed by atoms with van der Waals surface area (Å²) in [6.45, 7) is 2.15. The van der Waals surface area contributed by atoms with E-state index in [9.17, 15) is 21.9 Å². The van der Waals surface area contributed by atoms with Crippen molar-refractivity contribution < 1.29 is 21.9 Å². The van der Waals surface area contributed by atoms with Crippen LogP contribution in [0, 0.1) is 5.92 Å². The number of rotatable bonds is 4. The third kappa shape index (κ3) is 3.43. The minimum Gasteiger partial charge on any atom is -0.393 e. The Morgan fingerprint density at radius 2 is 1.90 bits per heavy atom. The topological polar surface area (TPSA) is 118 Å². The SMILES string of the molecule is CC(O)C1CCN(S(=O)(=O)c2cccc(S(N)(=O)=O)c2)C1. The van der Waals surface area contributed by atoms with Gasteiger partial charge in [-0.1, -0.05) is 6.07 Å². The molecule has 0 aliphatic carbocycles. The summed E-state index contributed by atoms with van der Waals surface area (Å²) < 4.78 is 48.9. The van der Waals surface area contributed by atoms with Crippen LogP contribution >= 0.6 is 0 Å². The van der Waals surface area contributed by atoms with Gasteiger partial charge in [0.2, 0.25) is 20.0 Å². The lowest BCUT2D eigenvalue weighted by Crippen LogP contribution is -2.30. The molecule has 9 heteroatoms. The Bertz CT molecular complexity index is 728. The molecule has 3 N–H and O–H groups in total. The zero-order valence-corrected chi connectivity index (χ0v) is 13.1. The van der Waals surface area contributed by atoms with E-state index >= 15 is 0 Å². The molecule has 21 heavy (non-hydrogen) atoms. The van der Waals surface area contributed by atoms with E-state index in [-0.39, 0.29) is 22.3 Å². The summed E-state index contributed by atoms with van der Waals surface area (Å²) in [5.74, 6) is -0.110. The number of aliphatic hydroxyl groups is 1. The van der Waals surface area contributed by atoms with Crippen LogP contribution in [0.5, 0.6) is 0 Å². The number of aliphatic hydroxyl groups excluding tert-OH is 1. The van der Waals surface area contributed by atoms with Gasteiger partial charge in [0.25, 0.3) is 0 Å². The minimum absolute atomic E-state index is 0.110. The van der Waals surface area contributed by atoms with E-state index in [2.05, 4.69) is 0 Å². The third-order valence-electron chi connectivity index (χ3n) is 3.64. The summed E-state index contributed by atoms with van der Waals surface area (Å²) in [6, 6.07) is 4.98. The molecule has 0 aromatic heterocycles. The summed E-state index contributed by atoms with van der Waals surface area (Å²) in [5.41, 5.74) is 0. The van der Waals surface area contributed by atoms with E-state index in [1.807, 2.05) is 0 Å². The fraction of sp³-hybridized carbons (Fsp3) is 0.500. The average Bonchev–Trinajstić information content (AvgIpc) is 2.88. The van der Waals surface area contributed by atoms with Crippen LogP contribution in [0.1, 0.15) is 13.3 Å². The molecular weight excluding hydrogens is 316 g/mol. The van der Waals surface area contributed by atoms with Gasteiger partial charge in [-0.05, 0) is 37.5 Å². The molecule has 1 saturated heterocycles.